The first-order valence-electron chi connectivity index (χ1n) is 10.5. The molecular formula is C25H20N4O3. The SMILES string of the molecule is N#Cc1c(NCC2CC2)nc(OCc2ccccc2)c(C#N)c1-c1ccc2c(c1)OCO2. The van der Waals surface area contributed by atoms with Gasteiger partial charge in [-0.25, -0.2) is 0 Å². The highest BCUT2D eigenvalue weighted by molar-refractivity contribution is 5.84. The summed E-state index contributed by atoms with van der Waals surface area (Å²) in [5.74, 6) is 2.41. The molecule has 0 spiro atoms. The van der Waals surface area contributed by atoms with E-state index in [2.05, 4.69) is 22.4 Å². The molecule has 1 fully saturated rings. The fourth-order valence-electron chi connectivity index (χ4n) is 3.64. The molecule has 0 bridgehead atoms. The molecule has 0 saturated heterocycles. The van der Waals surface area contributed by atoms with Gasteiger partial charge in [0.05, 0.1) is 0 Å². The van der Waals surface area contributed by atoms with Crippen molar-refractivity contribution in [3.63, 3.8) is 0 Å². The summed E-state index contributed by atoms with van der Waals surface area (Å²) in [7, 11) is 0. The predicted molar refractivity (Wildman–Crippen MR) is 117 cm³/mol. The van der Waals surface area contributed by atoms with Gasteiger partial charge in [-0.1, -0.05) is 36.4 Å². The van der Waals surface area contributed by atoms with Crippen LogP contribution in [0.1, 0.15) is 29.5 Å². The van der Waals surface area contributed by atoms with E-state index in [-0.39, 0.29) is 24.8 Å². The molecule has 2 aromatic carbocycles. The Morgan fingerprint density at radius 2 is 1.78 bits per heavy atom. The molecule has 0 unspecified atom stereocenters. The Bertz CT molecular complexity index is 1240. The molecule has 0 atom stereocenters. The van der Waals surface area contributed by atoms with Crippen molar-refractivity contribution in [1.29, 1.82) is 10.5 Å². The maximum atomic E-state index is 10.0. The van der Waals surface area contributed by atoms with E-state index in [0.717, 1.165) is 24.9 Å². The van der Waals surface area contributed by atoms with E-state index in [9.17, 15) is 10.5 Å². The number of nitrogens with zero attached hydrogens (tertiary/aromatic N) is 3. The zero-order valence-corrected chi connectivity index (χ0v) is 17.3. The normalized spacial score (nSPS) is 13.8. The average Bonchev–Trinajstić information content (AvgIpc) is 3.55. The highest BCUT2D eigenvalue weighted by atomic mass is 16.7. The zero-order valence-electron chi connectivity index (χ0n) is 17.3. The summed E-state index contributed by atoms with van der Waals surface area (Å²) < 4.78 is 16.9. The second kappa shape index (κ2) is 8.49. The molecular weight excluding hydrogens is 404 g/mol. The molecule has 32 heavy (non-hydrogen) atoms. The molecule has 7 nitrogen and oxygen atoms in total. The summed E-state index contributed by atoms with van der Waals surface area (Å²) in [5, 5.41) is 23.4. The van der Waals surface area contributed by atoms with E-state index in [1.807, 2.05) is 36.4 Å². The van der Waals surface area contributed by atoms with Crippen molar-refractivity contribution in [3.05, 3.63) is 65.2 Å². The number of rotatable bonds is 7. The maximum absolute atomic E-state index is 10.0. The highest BCUT2D eigenvalue weighted by Crippen LogP contribution is 2.41. The first-order valence-corrected chi connectivity index (χ1v) is 10.5. The number of nitriles is 2. The van der Waals surface area contributed by atoms with E-state index in [0.29, 0.717) is 39.9 Å². The van der Waals surface area contributed by atoms with Crippen molar-refractivity contribution >= 4 is 5.82 Å². The molecule has 0 amide bonds. The molecule has 5 rings (SSSR count). The number of hydrogen-bond acceptors (Lipinski definition) is 7. The Balaban J connectivity index is 1.61. The largest absolute Gasteiger partial charge is 0.472 e. The Morgan fingerprint density at radius 3 is 2.53 bits per heavy atom. The number of nitrogens with one attached hydrogen (secondary N) is 1. The van der Waals surface area contributed by atoms with Gasteiger partial charge < -0.3 is 19.5 Å². The molecule has 1 saturated carbocycles. The van der Waals surface area contributed by atoms with Gasteiger partial charge in [0, 0.05) is 12.1 Å². The average molecular weight is 424 g/mol. The number of aromatic nitrogens is 1. The van der Waals surface area contributed by atoms with Gasteiger partial charge in [-0.3, -0.25) is 0 Å². The van der Waals surface area contributed by atoms with Crippen molar-refractivity contribution in [1.82, 2.24) is 4.98 Å². The lowest BCUT2D eigenvalue weighted by molar-refractivity contribution is 0.174. The lowest BCUT2D eigenvalue weighted by Crippen LogP contribution is -2.11. The number of pyridine rings is 1. The van der Waals surface area contributed by atoms with Crippen LogP contribution >= 0.6 is 0 Å². The lowest BCUT2D eigenvalue weighted by Gasteiger charge is -2.17. The molecule has 2 heterocycles. The molecule has 158 valence electrons. The van der Waals surface area contributed by atoms with Gasteiger partial charge in [-0.05, 0) is 42.0 Å². The van der Waals surface area contributed by atoms with Crippen LogP contribution in [-0.2, 0) is 6.61 Å². The standard InChI is InChI=1S/C25H20N4O3/c26-11-19-23(18-8-9-21-22(10-18)32-15-31-21)20(12-27)25(29-24(19)28-13-16-6-7-16)30-14-17-4-2-1-3-5-17/h1-5,8-10,16H,6-7,13-15H2,(H,28,29). The number of fused-ring (bicyclic) bond motifs is 1. The summed E-state index contributed by atoms with van der Waals surface area (Å²) in [4.78, 5) is 4.55. The van der Waals surface area contributed by atoms with Crippen LogP contribution in [0, 0.1) is 28.6 Å². The summed E-state index contributed by atoms with van der Waals surface area (Å²) in [6.07, 6.45) is 2.33. The third-order valence-corrected chi connectivity index (χ3v) is 5.52. The number of benzene rings is 2. The second-order valence-corrected chi connectivity index (χ2v) is 7.78. The fraction of sp³-hybridized carbons (Fsp3) is 0.240. The minimum Gasteiger partial charge on any atom is -0.472 e. The van der Waals surface area contributed by atoms with Crippen molar-refractivity contribution < 1.29 is 14.2 Å². The molecule has 1 aromatic heterocycles. The summed E-state index contributed by atoms with van der Waals surface area (Å²) in [6.45, 7) is 1.13. The third kappa shape index (κ3) is 3.89. The minimum absolute atomic E-state index is 0.144. The van der Waals surface area contributed by atoms with Crippen LogP contribution in [0.3, 0.4) is 0 Å². The summed E-state index contributed by atoms with van der Waals surface area (Å²) >= 11 is 0. The highest BCUT2D eigenvalue weighted by Gasteiger charge is 2.26. The lowest BCUT2D eigenvalue weighted by atomic mass is 9.96. The van der Waals surface area contributed by atoms with Crippen LogP contribution in [0.25, 0.3) is 11.1 Å². The minimum atomic E-state index is 0.144. The molecule has 2 aliphatic rings. The van der Waals surface area contributed by atoms with Crippen LogP contribution in [-0.4, -0.2) is 18.3 Å². The van der Waals surface area contributed by atoms with Crippen molar-refractivity contribution in [2.45, 2.75) is 19.4 Å². The van der Waals surface area contributed by atoms with Gasteiger partial charge in [-0.2, -0.15) is 15.5 Å². The smallest absolute Gasteiger partial charge is 0.234 e. The van der Waals surface area contributed by atoms with E-state index in [4.69, 9.17) is 14.2 Å². The predicted octanol–water partition coefficient (Wildman–Crippen LogP) is 4.62. The number of anilines is 1. The Morgan fingerprint density at radius 1 is 1.00 bits per heavy atom. The van der Waals surface area contributed by atoms with Crippen LogP contribution in [0.15, 0.2) is 48.5 Å². The molecule has 0 radical (unpaired) electrons. The molecule has 1 aliphatic heterocycles. The van der Waals surface area contributed by atoms with Crippen LogP contribution < -0.4 is 19.5 Å². The second-order valence-electron chi connectivity index (χ2n) is 7.78. The Labute approximate surface area is 185 Å². The van der Waals surface area contributed by atoms with Crippen LogP contribution in [0.5, 0.6) is 17.4 Å². The van der Waals surface area contributed by atoms with Crippen LogP contribution in [0.2, 0.25) is 0 Å². The Hall–Kier alpha value is -4.23. The van der Waals surface area contributed by atoms with Gasteiger partial charge in [0.15, 0.2) is 11.5 Å². The van der Waals surface area contributed by atoms with Crippen LogP contribution in [0.4, 0.5) is 5.82 Å². The Kier molecular flexibility index (Phi) is 5.23. The topological polar surface area (TPSA) is 100 Å². The van der Waals surface area contributed by atoms with Gasteiger partial charge in [0.25, 0.3) is 0 Å². The van der Waals surface area contributed by atoms with Gasteiger partial charge >= 0.3 is 0 Å². The molecule has 7 heteroatoms. The first kappa shape index (κ1) is 19.7. The molecule has 1 aliphatic carbocycles. The fourth-order valence-corrected chi connectivity index (χ4v) is 3.64. The van der Waals surface area contributed by atoms with Crippen molar-refractivity contribution in [2.24, 2.45) is 5.92 Å². The quantitative estimate of drug-likeness (QED) is 0.590. The third-order valence-electron chi connectivity index (χ3n) is 5.52. The van der Waals surface area contributed by atoms with E-state index >= 15 is 0 Å². The summed E-state index contributed by atoms with van der Waals surface area (Å²) in [6, 6.07) is 19.5. The van der Waals surface area contributed by atoms with Crippen molar-refractivity contribution in [2.75, 3.05) is 18.7 Å². The zero-order chi connectivity index (χ0) is 21.9. The maximum Gasteiger partial charge on any atom is 0.234 e. The molecule has 1 N–H and O–H groups in total. The monoisotopic (exact) mass is 424 g/mol. The van der Waals surface area contributed by atoms with Gasteiger partial charge in [-0.15, -0.1) is 0 Å². The van der Waals surface area contributed by atoms with E-state index in [1.165, 1.54) is 0 Å². The number of ether oxygens (including phenoxy) is 3. The molecule has 3 aromatic rings. The van der Waals surface area contributed by atoms with Gasteiger partial charge in [0.2, 0.25) is 12.7 Å². The van der Waals surface area contributed by atoms with E-state index in [1.54, 1.807) is 12.1 Å². The van der Waals surface area contributed by atoms with E-state index < -0.39 is 0 Å². The van der Waals surface area contributed by atoms with Gasteiger partial charge in [0.1, 0.15) is 35.7 Å². The van der Waals surface area contributed by atoms with Crippen molar-refractivity contribution in [3.8, 4) is 40.6 Å². The number of hydrogen-bond donors (Lipinski definition) is 1. The first-order chi connectivity index (χ1) is 15.8. The summed E-state index contributed by atoms with van der Waals surface area (Å²) in [5.41, 5.74) is 2.63.